The Morgan fingerprint density at radius 1 is 0.528 bits per heavy atom. The van der Waals surface area contributed by atoms with Crippen LogP contribution >= 0.6 is 0 Å². The summed E-state index contributed by atoms with van der Waals surface area (Å²) in [4.78, 5) is 5.14. The van der Waals surface area contributed by atoms with Crippen molar-refractivity contribution >= 4 is 32.8 Å². The minimum absolute atomic E-state index is 0.0954. The van der Waals surface area contributed by atoms with Crippen LogP contribution in [0.25, 0.3) is 83.4 Å². The van der Waals surface area contributed by atoms with Crippen LogP contribution in [0.2, 0.25) is 0 Å². The molecule has 0 N–H and O–H groups in total. The van der Waals surface area contributed by atoms with Gasteiger partial charge in [0.2, 0.25) is 0 Å². The van der Waals surface area contributed by atoms with Gasteiger partial charge in [-0.05, 0) is 29.0 Å². The smallest absolute Gasteiger partial charge is 0.0579 e. The SMILES string of the molecule is Cc1cc(-n2c3ccccc3c3ccc(Oc4cccc(-n5[c](=[Pt])n(-c6c(-c7ccccc7)cc7c(c6-c6ccccc6)CC(C(C)(C)C)C7)c6ccccc65)c4)cc32)ncc1-c1ccc(C(C)(C)C)cc1. The normalized spacial score (nSPS) is 13.9. The Bertz CT molecular complexity index is 3940. The van der Waals surface area contributed by atoms with E-state index in [1.54, 1.807) is 0 Å². The van der Waals surface area contributed by atoms with Crippen molar-refractivity contribution in [2.75, 3.05) is 0 Å². The molecule has 0 amide bonds. The second kappa shape index (κ2) is 17.8. The molecule has 1 aliphatic carbocycles. The quantitative estimate of drug-likeness (QED) is 0.152. The van der Waals surface area contributed by atoms with E-state index >= 15 is 0 Å². The van der Waals surface area contributed by atoms with Crippen molar-refractivity contribution in [3.8, 4) is 62.1 Å². The van der Waals surface area contributed by atoms with E-state index in [2.05, 4.69) is 270 Å². The van der Waals surface area contributed by atoms with Crippen molar-refractivity contribution in [1.82, 2.24) is 18.7 Å². The molecular weight excluding hydrogens is 1060 g/mol. The van der Waals surface area contributed by atoms with Gasteiger partial charge in [0.1, 0.15) is 0 Å². The van der Waals surface area contributed by atoms with Crippen LogP contribution < -0.4 is 4.74 Å². The molecule has 1 atom stereocenters. The fourth-order valence-corrected chi connectivity index (χ4v) is 12.2. The number of nitrogens with zero attached hydrogens (tertiary/aromatic N) is 4. The molecule has 0 bridgehead atoms. The Labute approximate surface area is 433 Å². The predicted octanol–water partition coefficient (Wildman–Crippen LogP) is 17.2. The summed E-state index contributed by atoms with van der Waals surface area (Å²) >= 11 is 2.56. The van der Waals surface area contributed by atoms with Crippen LogP contribution in [-0.4, -0.2) is 18.7 Å². The second-order valence-corrected chi connectivity index (χ2v) is 22.7. The van der Waals surface area contributed by atoms with Crippen LogP contribution in [0.3, 0.4) is 0 Å². The molecular formula is C66H58N4OPt. The number of aromatic nitrogens is 4. The van der Waals surface area contributed by atoms with Gasteiger partial charge in [-0.1, -0.05) is 57.2 Å². The van der Waals surface area contributed by atoms with Crippen LogP contribution in [0.15, 0.2) is 194 Å². The number of aryl methyl sites for hydroxylation is 1. The van der Waals surface area contributed by atoms with Gasteiger partial charge < -0.3 is 0 Å². The molecule has 5 nitrogen and oxygen atoms in total. The fraction of sp³-hybridized carbons (Fsp3) is 0.182. The summed E-state index contributed by atoms with van der Waals surface area (Å²) in [5.74, 6) is 2.93. The number of hydrogen-bond donors (Lipinski definition) is 0. The zero-order chi connectivity index (χ0) is 49.5. The summed E-state index contributed by atoms with van der Waals surface area (Å²) in [5, 5.41) is 2.32. The van der Waals surface area contributed by atoms with Gasteiger partial charge in [0.15, 0.2) is 0 Å². The van der Waals surface area contributed by atoms with Gasteiger partial charge in [-0.15, -0.1) is 0 Å². The Morgan fingerprint density at radius 3 is 1.85 bits per heavy atom. The Morgan fingerprint density at radius 2 is 1.15 bits per heavy atom. The summed E-state index contributed by atoms with van der Waals surface area (Å²) in [6, 6.07) is 68.1. The van der Waals surface area contributed by atoms with E-state index in [-0.39, 0.29) is 10.8 Å². The molecule has 0 radical (unpaired) electrons. The van der Waals surface area contributed by atoms with Crippen molar-refractivity contribution in [2.45, 2.75) is 66.7 Å². The third-order valence-electron chi connectivity index (χ3n) is 15.1. The molecule has 8 aromatic carbocycles. The molecule has 3 aromatic heterocycles. The van der Waals surface area contributed by atoms with Crippen LogP contribution in [0, 0.1) is 22.1 Å². The van der Waals surface area contributed by atoms with Crippen LogP contribution in [0.5, 0.6) is 11.5 Å². The molecule has 0 saturated carbocycles. The average Bonchev–Trinajstić information content (AvgIpc) is 4.06. The molecule has 0 aliphatic heterocycles. The molecule has 1 aliphatic rings. The Balaban J connectivity index is 0.968. The standard InChI is InChI=1S/C66H58N4O.Pt/c1-43-35-62(67-41-57(43)45-29-31-48(32-30-45)65(2,3)4)70-58-26-15-14-25-53(58)54-34-33-52(40-61(54)70)71-51-24-18-23-50(39-51)68-42-69(60-28-17-16-27-59(60)68)64-56(44-19-10-8-11-20-44)37-47-36-49(66(5,6)7)38-55(47)63(64)46-21-12-9-13-22-46;/h8-35,37,39-41,49H,36,38H2,1-7H3;. The zero-order valence-electron chi connectivity index (χ0n) is 42.0. The van der Waals surface area contributed by atoms with E-state index in [4.69, 9.17) is 9.72 Å². The van der Waals surface area contributed by atoms with Crippen molar-refractivity contribution in [3.05, 3.63) is 220 Å². The molecule has 0 saturated heterocycles. The fourth-order valence-electron chi connectivity index (χ4n) is 11.1. The number of hydrogen-bond acceptors (Lipinski definition) is 2. The first-order valence-corrected chi connectivity index (χ1v) is 26.3. The topological polar surface area (TPSA) is 36.9 Å². The molecule has 11 aromatic rings. The minimum atomic E-state index is 0.0954. The predicted molar refractivity (Wildman–Crippen MR) is 295 cm³/mol. The van der Waals surface area contributed by atoms with Gasteiger partial charge in [0.05, 0.1) is 0 Å². The Kier molecular flexibility index (Phi) is 11.3. The molecule has 0 spiro atoms. The van der Waals surface area contributed by atoms with Gasteiger partial charge in [0.25, 0.3) is 0 Å². The summed E-state index contributed by atoms with van der Waals surface area (Å²) in [6.07, 6.45) is 4.14. The number of fused-ring (bicyclic) bond motifs is 5. The van der Waals surface area contributed by atoms with Crippen LogP contribution in [0.4, 0.5) is 0 Å². The average molecular weight is 1120 g/mol. The maximum absolute atomic E-state index is 6.90. The summed E-state index contributed by atoms with van der Waals surface area (Å²) < 4.78 is 15.1. The van der Waals surface area contributed by atoms with E-state index < -0.39 is 0 Å². The molecule has 6 heteroatoms. The van der Waals surface area contributed by atoms with Crippen molar-refractivity contribution in [2.24, 2.45) is 11.3 Å². The zero-order valence-corrected chi connectivity index (χ0v) is 44.3. The third-order valence-corrected chi connectivity index (χ3v) is 16.1. The number of rotatable bonds is 8. The van der Waals surface area contributed by atoms with E-state index in [1.165, 1.54) is 61.1 Å². The number of pyridine rings is 1. The number of ether oxygens (including phenoxy) is 1. The van der Waals surface area contributed by atoms with Gasteiger partial charge in [0, 0.05) is 11.8 Å². The number of para-hydroxylation sites is 3. The molecule has 72 heavy (non-hydrogen) atoms. The van der Waals surface area contributed by atoms with E-state index in [1.807, 2.05) is 6.20 Å². The monoisotopic (exact) mass is 1120 g/mol. The first-order valence-electron chi connectivity index (χ1n) is 25.2. The number of imidazole rings is 1. The Hall–Kier alpha value is -7.33. The number of benzene rings is 8. The second-order valence-electron chi connectivity index (χ2n) is 21.7. The summed E-state index contributed by atoms with van der Waals surface area (Å²) in [7, 11) is 0. The van der Waals surface area contributed by atoms with Crippen LogP contribution in [0.1, 0.15) is 63.8 Å². The summed E-state index contributed by atoms with van der Waals surface area (Å²) in [6.45, 7) is 16.1. The molecule has 358 valence electrons. The van der Waals surface area contributed by atoms with E-state index in [0.29, 0.717) is 5.92 Å². The van der Waals surface area contributed by atoms with Gasteiger partial charge >= 0.3 is 338 Å². The van der Waals surface area contributed by atoms with Crippen LogP contribution in [-0.2, 0) is 37.6 Å². The van der Waals surface area contributed by atoms with E-state index in [0.717, 1.165) is 72.7 Å². The van der Waals surface area contributed by atoms with Crippen molar-refractivity contribution in [3.63, 3.8) is 0 Å². The third kappa shape index (κ3) is 7.99. The van der Waals surface area contributed by atoms with Gasteiger partial charge in [-0.25, -0.2) is 0 Å². The molecule has 1 unspecified atom stereocenters. The van der Waals surface area contributed by atoms with Gasteiger partial charge in [-0.2, -0.15) is 0 Å². The molecule has 0 fully saturated rings. The molecule has 12 rings (SSSR count). The summed E-state index contributed by atoms with van der Waals surface area (Å²) in [5.41, 5.74) is 19.6. The van der Waals surface area contributed by atoms with E-state index in [9.17, 15) is 0 Å². The molecule has 3 heterocycles. The van der Waals surface area contributed by atoms with Crippen molar-refractivity contribution < 1.29 is 24.1 Å². The minimum Gasteiger partial charge on any atom is -0.0579 e. The maximum atomic E-state index is 6.90. The van der Waals surface area contributed by atoms with Crippen molar-refractivity contribution in [1.29, 1.82) is 0 Å². The van der Waals surface area contributed by atoms with Gasteiger partial charge in [-0.3, -0.25) is 0 Å². The first-order chi connectivity index (χ1) is 34.8. The first kappa shape index (κ1) is 45.8.